The van der Waals surface area contributed by atoms with E-state index in [4.69, 9.17) is 10.3 Å². The minimum Gasteiger partial charge on any atom is -0.465 e. The van der Waals surface area contributed by atoms with Gasteiger partial charge in [0.05, 0.1) is 12.0 Å². The van der Waals surface area contributed by atoms with Gasteiger partial charge in [0.1, 0.15) is 10.6 Å². The Labute approximate surface area is 89.4 Å². The van der Waals surface area contributed by atoms with Crippen LogP contribution in [0.4, 0.5) is 5.88 Å². The van der Waals surface area contributed by atoms with Crippen LogP contribution in [0, 0.1) is 0 Å². The van der Waals surface area contributed by atoms with Crippen LogP contribution in [-0.2, 0) is 4.74 Å². The highest BCUT2D eigenvalue weighted by molar-refractivity contribution is 7.17. The van der Waals surface area contributed by atoms with E-state index in [2.05, 4.69) is 9.89 Å². The number of nitrogens with two attached hydrogens (primary N) is 1. The Bertz CT molecular complexity index is 489. The van der Waals surface area contributed by atoms with Gasteiger partial charge < -0.3 is 15.0 Å². The van der Waals surface area contributed by atoms with Crippen molar-refractivity contribution in [3.8, 4) is 10.6 Å². The van der Waals surface area contributed by atoms with Crippen LogP contribution < -0.4 is 5.73 Å². The number of esters is 1. The largest absolute Gasteiger partial charge is 0.465 e. The molecule has 0 atom stereocenters. The summed E-state index contributed by atoms with van der Waals surface area (Å²) in [5.41, 5.74) is 6.01. The van der Waals surface area contributed by atoms with Crippen LogP contribution in [0.15, 0.2) is 22.7 Å². The maximum absolute atomic E-state index is 11.2. The highest BCUT2D eigenvalue weighted by Gasteiger charge is 2.12. The van der Waals surface area contributed by atoms with Gasteiger partial charge >= 0.3 is 5.97 Å². The van der Waals surface area contributed by atoms with Gasteiger partial charge in [-0.1, -0.05) is 5.16 Å². The van der Waals surface area contributed by atoms with Crippen molar-refractivity contribution in [3.63, 3.8) is 0 Å². The molecule has 0 bridgehead atoms. The molecular weight excluding hydrogens is 216 g/mol. The number of hydrogen-bond donors (Lipinski definition) is 1. The zero-order valence-corrected chi connectivity index (χ0v) is 8.71. The minimum atomic E-state index is -0.359. The number of hydrogen-bond acceptors (Lipinski definition) is 6. The average Bonchev–Trinajstić information content (AvgIpc) is 2.84. The van der Waals surface area contributed by atoms with E-state index in [1.54, 1.807) is 18.2 Å². The fourth-order valence-electron chi connectivity index (χ4n) is 1.09. The van der Waals surface area contributed by atoms with Crippen LogP contribution >= 0.6 is 11.3 Å². The van der Waals surface area contributed by atoms with E-state index >= 15 is 0 Å². The Kier molecular flexibility index (Phi) is 2.42. The van der Waals surface area contributed by atoms with E-state index in [0.717, 1.165) is 4.88 Å². The molecule has 6 heteroatoms. The highest BCUT2D eigenvalue weighted by atomic mass is 32.1. The number of methoxy groups -OCH3 is 1. The van der Waals surface area contributed by atoms with Gasteiger partial charge in [0.2, 0.25) is 5.88 Å². The number of thiophene rings is 1. The van der Waals surface area contributed by atoms with Crippen molar-refractivity contribution in [1.82, 2.24) is 5.16 Å². The van der Waals surface area contributed by atoms with E-state index in [1.807, 2.05) is 0 Å². The molecule has 2 aromatic rings. The van der Waals surface area contributed by atoms with Gasteiger partial charge in [-0.2, -0.15) is 0 Å². The molecule has 2 heterocycles. The fourth-order valence-corrected chi connectivity index (χ4v) is 1.97. The Hall–Kier alpha value is -1.82. The molecule has 5 nitrogen and oxygen atoms in total. The minimum absolute atomic E-state index is 0.248. The van der Waals surface area contributed by atoms with Crippen LogP contribution in [0.5, 0.6) is 0 Å². The number of nitrogens with zero attached hydrogens (tertiary/aromatic N) is 1. The van der Waals surface area contributed by atoms with Crippen molar-refractivity contribution in [2.75, 3.05) is 12.8 Å². The molecule has 2 rings (SSSR count). The normalized spacial score (nSPS) is 10.2. The van der Waals surface area contributed by atoms with E-state index in [0.29, 0.717) is 10.6 Å². The van der Waals surface area contributed by atoms with E-state index in [9.17, 15) is 4.79 Å². The Morgan fingerprint density at radius 2 is 2.40 bits per heavy atom. The summed E-state index contributed by atoms with van der Waals surface area (Å²) in [4.78, 5) is 12.5. The van der Waals surface area contributed by atoms with E-state index in [-0.39, 0.29) is 11.9 Å². The molecule has 0 fully saturated rings. The third kappa shape index (κ3) is 1.84. The first kappa shape index (κ1) is 9.72. The van der Waals surface area contributed by atoms with Crippen LogP contribution in [0.2, 0.25) is 0 Å². The first-order valence-electron chi connectivity index (χ1n) is 4.11. The topological polar surface area (TPSA) is 78.4 Å². The summed E-state index contributed by atoms with van der Waals surface area (Å²) in [6.07, 6.45) is 0. The Morgan fingerprint density at radius 1 is 1.60 bits per heavy atom. The maximum Gasteiger partial charge on any atom is 0.348 e. The van der Waals surface area contributed by atoms with Gasteiger partial charge in [0.15, 0.2) is 0 Å². The molecule has 2 N–H and O–H groups in total. The molecule has 0 saturated heterocycles. The lowest BCUT2D eigenvalue weighted by Gasteiger charge is -1.91. The molecular formula is C9H8N2O3S. The molecule has 0 aliphatic rings. The van der Waals surface area contributed by atoms with Gasteiger partial charge in [-0.3, -0.25) is 0 Å². The fraction of sp³-hybridized carbons (Fsp3) is 0.111. The van der Waals surface area contributed by atoms with Crippen LogP contribution in [0.25, 0.3) is 10.6 Å². The SMILES string of the molecule is COC(=O)c1ccc(-c2cc(N)on2)s1. The smallest absolute Gasteiger partial charge is 0.348 e. The maximum atomic E-state index is 11.2. The molecule has 0 unspecified atom stereocenters. The van der Waals surface area contributed by atoms with Crippen LogP contribution in [0.1, 0.15) is 9.67 Å². The summed E-state index contributed by atoms with van der Waals surface area (Å²) in [6.45, 7) is 0. The average molecular weight is 224 g/mol. The Balaban J connectivity index is 2.31. The molecule has 2 aromatic heterocycles. The van der Waals surface area contributed by atoms with Crippen molar-refractivity contribution >= 4 is 23.2 Å². The van der Waals surface area contributed by atoms with Gasteiger partial charge in [-0.25, -0.2) is 4.79 Å². The van der Waals surface area contributed by atoms with Gasteiger partial charge in [-0.05, 0) is 12.1 Å². The number of carbonyl (C=O) groups is 1. The van der Waals surface area contributed by atoms with Crippen molar-refractivity contribution in [2.24, 2.45) is 0 Å². The van der Waals surface area contributed by atoms with E-state index < -0.39 is 0 Å². The quantitative estimate of drug-likeness (QED) is 0.786. The molecule has 78 valence electrons. The summed E-state index contributed by atoms with van der Waals surface area (Å²) in [5, 5.41) is 3.74. The molecule has 0 amide bonds. The van der Waals surface area contributed by atoms with Crippen molar-refractivity contribution < 1.29 is 14.1 Å². The molecule has 0 aromatic carbocycles. The third-order valence-corrected chi connectivity index (χ3v) is 2.86. The summed E-state index contributed by atoms with van der Waals surface area (Å²) >= 11 is 1.28. The first-order valence-corrected chi connectivity index (χ1v) is 4.93. The van der Waals surface area contributed by atoms with Crippen LogP contribution in [0.3, 0.4) is 0 Å². The highest BCUT2D eigenvalue weighted by Crippen LogP contribution is 2.28. The number of aromatic nitrogens is 1. The second kappa shape index (κ2) is 3.74. The molecule has 0 saturated carbocycles. The standard InChI is InChI=1S/C9H8N2O3S/c1-13-9(12)7-3-2-6(15-7)5-4-8(10)14-11-5/h2-4H,10H2,1H3. The lowest BCUT2D eigenvalue weighted by atomic mass is 10.3. The molecule has 0 aliphatic carbocycles. The summed E-state index contributed by atoms with van der Waals surface area (Å²) in [6, 6.07) is 5.05. The predicted molar refractivity (Wildman–Crippen MR) is 55.6 cm³/mol. The number of nitrogen functional groups attached to an aromatic ring is 1. The third-order valence-electron chi connectivity index (χ3n) is 1.77. The van der Waals surface area contributed by atoms with E-state index in [1.165, 1.54) is 18.4 Å². The van der Waals surface area contributed by atoms with Gasteiger partial charge in [0.25, 0.3) is 0 Å². The zero-order chi connectivity index (χ0) is 10.8. The first-order chi connectivity index (χ1) is 7.20. The summed E-state index contributed by atoms with van der Waals surface area (Å²) in [5.74, 6) is -0.110. The zero-order valence-electron chi connectivity index (χ0n) is 7.89. The van der Waals surface area contributed by atoms with Crippen molar-refractivity contribution in [3.05, 3.63) is 23.1 Å². The lowest BCUT2D eigenvalue weighted by Crippen LogP contribution is -1.96. The predicted octanol–water partition coefficient (Wildman–Crippen LogP) is 1.77. The van der Waals surface area contributed by atoms with Crippen molar-refractivity contribution in [1.29, 1.82) is 0 Å². The molecule has 15 heavy (non-hydrogen) atoms. The number of carbonyl (C=O) groups excluding carboxylic acids is 1. The monoisotopic (exact) mass is 224 g/mol. The lowest BCUT2D eigenvalue weighted by molar-refractivity contribution is 0.0606. The number of anilines is 1. The van der Waals surface area contributed by atoms with Gasteiger partial charge in [0, 0.05) is 6.07 Å². The molecule has 0 radical (unpaired) electrons. The second-order valence-corrected chi connectivity index (χ2v) is 3.85. The summed E-state index contributed by atoms with van der Waals surface area (Å²) < 4.78 is 9.33. The number of ether oxygens (including phenoxy) is 1. The Morgan fingerprint density at radius 3 is 3.00 bits per heavy atom. The number of rotatable bonds is 2. The second-order valence-electron chi connectivity index (χ2n) is 2.77. The van der Waals surface area contributed by atoms with Crippen LogP contribution in [-0.4, -0.2) is 18.2 Å². The van der Waals surface area contributed by atoms with Gasteiger partial charge in [-0.15, -0.1) is 11.3 Å². The molecule has 0 spiro atoms. The summed E-state index contributed by atoms with van der Waals surface area (Å²) in [7, 11) is 1.34. The molecule has 0 aliphatic heterocycles. The van der Waals surface area contributed by atoms with Crippen molar-refractivity contribution in [2.45, 2.75) is 0 Å².